The zero-order valence-electron chi connectivity index (χ0n) is 50.1. The number of phosphoric acid groups is 1. The Balaban J connectivity index is 4.20. The maximum atomic E-state index is 13.0. The number of quaternary nitrogens is 1. The van der Waals surface area contributed by atoms with Gasteiger partial charge in [-0.25, -0.2) is 0 Å². The van der Waals surface area contributed by atoms with Gasteiger partial charge in [-0.1, -0.05) is 263 Å². The highest BCUT2D eigenvalue weighted by Gasteiger charge is 2.23. The van der Waals surface area contributed by atoms with Crippen LogP contribution in [0, 0.1) is 0 Å². The highest BCUT2D eigenvalue weighted by Crippen LogP contribution is 2.38. The summed E-state index contributed by atoms with van der Waals surface area (Å²) in [4.78, 5) is 25.5. The second kappa shape index (κ2) is 57.3. The molecule has 0 aromatic heterocycles. The summed E-state index contributed by atoms with van der Waals surface area (Å²) in [6, 6.07) is -0.916. The van der Waals surface area contributed by atoms with Crippen LogP contribution in [0.2, 0.25) is 0 Å². The summed E-state index contributed by atoms with van der Waals surface area (Å²) in [7, 11) is 1.22. The molecule has 77 heavy (non-hydrogen) atoms. The number of aliphatic hydroxyl groups excluding tert-OH is 1. The second-order valence-corrected chi connectivity index (χ2v) is 23.1. The number of likely N-dealkylation sites (N-methyl/N-ethyl adjacent to an activating group) is 1. The summed E-state index contributed by atoms with van der Waals surface area (Å²) in [6.07, 6.45) is 86.8. The van der Waals surface area contributed by atoms with Gasteiger partial charge < -0.3 is 28.8 Å². The van der Waals surface area contributed by atoms with Gasteiger partial charge >= 0.3 is 0 Å². The molecular weight excluding hydrogens is 972 g/mol. The number of carbonyl (C=O) groups is 1. The minimum absolute atomic E-state index is 0.0139. The van der Waals surface area contributed by atoms with Crippen LogP contribution < -0.4 is 10.2 Å². The number of nitrogens with one attached hydrogen (secondary N) is 1. The molecule has 0 aromatic carbocycles. The van der Waals surface area contributed by atoms with Gasteiger partial charge in [-0.2, -0.15) is 0 Å². The molecule has 0 aliphatic rings. The van der Waals surface area contributed by atoms with Crippen molar-refractivity contribution in [2.24, 2.45) is 0 Å². The third kappa shape index (κ3) is 60.1. The van der Waals surface area contributed by atoms with Gasteiger partial charge in [0.05, 0.1) is 39.9 Å². The zero-order valence-corrected chi connectivity index (χ0v) is 51.0. The topological polar surface area (TPSA) is 108 Å². The number of phosphoric ester groups is 1. The van der Waals surface area contributed by atoms with Crippen LogP contribution in [0.4, 0.5) is 0 Å². The van der Waals surface area contributed by atoms with Crippen molar-refractivity contribution in [3.05, 3.63) is 134 Å². The molecule has 1 amide bonds. The third-order valence-electron chi connectivity index (χ3n) is 13.1. The SMILES string of the molecule is CC/C=C\C/C=C\C/C=C\C/C=C\C/C=C\C/C=C\C/C=C\C/C=C\C/C=C\CCCCCCCCCCCC(=O)NC(COP(=O)([O-])OCC[N+](C)(C)C)C(O)/C=C/CC/C=C/CCCCCCCCCCCCCC. The van der Waals surface area contributed by atoms with E-state index in [9.17, 15) is 19.4 Å². The molecule has 0 radical (unpaired) electrons. The summed E-state index contributed by atoms with van der Waals surface area (Å²) < 4.78 is 23.3. The third-order valence-corrected chi connectivity index (χ3v) is 14.1. The summed E-state index contributed by atoms with van der Waals surface area (Å²) >= 11 is 0. The maximum absolute atomic E-state index is 13.0. The predicted molar refractivity (Wildman–Crippen MR) is 334 cm³/mol. The van der Waals surface area contributed by atoms with Crippen molar-refractivity contribution in [1.29, 1.82) is 0 Å². The van der Waals surface area contributed by atoms with Crippen LogP contribution in [0.3, 0.4) is 0 Å². The van der Waals surface area contributed by atoms with Gasteiger partial charge in [-0.3, -0.25) is 9.36 Å². The van der Waals surface area contributed by atoms with Gasteiger partial charge in [0.25, 0.3) is 7.82 Å². The number of nitrogens with zero attached hydrogens (tertiary/aromatic N) is 1. The lowest BCUT2D eigenvalue weighted by molar-refractivity contribution is -0.870. The zero-order chi connectivity index (χ0) is 56.3. The molecule has 0 aliphatic heterocycles. The Labute approximate surface area is 475 Å². The molecule has 3 unspecified atom stereocenters. The summed E-state index contributed by atoms with van der Waals surface area (Å²) in [5, 5.41) is 13.9. The quantitative estimate of drug-likeness (QED) is 0.0272. The second-order valence-electron chi connectivity index (χ2n) is 21.7. The predicted octanol–water partition coefficient (Wildman–Crippen LogP) is 18.9. The molecule has 0 bridgehead atoms. The lowest BCUT2D eigenvalue weighted by Gasteiger charge is -2.29. The highest BCUT2D eigenvalue weighted by atomic mass is 31.2. The fourth-order valence-electron chi connectivity index (χ4n) is 8.28. The maximum Gasteiger partial charge on any atom is 0.268 e. The fraction of sp³-hybridized carbons (Fsp3) is 0.662. The fourth-order valence-corrected chi connectivity index (χ4v) is 9.00. The van der Waals surface area contributed by atoms with Crippen LogP contribution in [0.1, 0.15) is 239 Å². The summed E-state index contributed by atoms with van der Waals surface area (Å²) in [6.45, 7) is 4.50. The van der Waals surface area contributed by atoms with Gasteiger partial charge in [-0.15, -0.1) is 0 Å². The molecule has 0 heterocycles. The average molecular weight is 1090 g/mol. The number of amides is 1. The van der Waals surface area contributed by atoms with E-state index in [-0.39, 0.29) is 12.5 Å². The van der Waals surface area contributed by atoms with Crippen LogP contribution >= 0.6 is 7.82 Å². The molecule has 8 nitrogen and oxygen atoms in total. The number of hydrogen-bond donors (Lipinski definition) is 2. The number of unbranched alkanes of at least 4 members (excludes halogenated alkanes) is 22. The molecule has 3 atom stereocenters. The van der Waals surface area contributed by atoms with Crippen molar-refractivity contribution in [3.8, 4) is 0 Å². The van der Waals surface area contributed by atoms with E-state index in [2.05, 4.69) is 141 Å². The van der Waals surface area contributed by atoms with Gasteiger partial charge in [0, 0.05) is 6.42 Å². The Hall–Kier alpha value is -3.36. The number of hydrogen-bond acceptors (Lipinski definition) is 6. The first-order chi connectivity index (χ1) is 37.5. The Morgan fingerprint density at radius 3 is 1.21 bits per heavy atom. The first kappa shape index (κ1) is 73.6. The van der Waals surface area contributed by atoms with Gasteiger partial charge in [0.2, 0.25) is 5.91 Å². The number of allylic oxidation sites excluding steroid dienone is 21. The molecule has 0 fully saturated rings. The van der Waals surface area contributed by atoms with Crippen molar-refractivity contribution in [2.75, 3.05) is 40.9 Å². The molecule has 0 aromatic rings. The van der Waals surface area contributed by atoms with E-state index in [0.29, 0.717) is 17.4 Å². The Bertz CT molecular complexity index is 1710. The van der Waals surface area contributed by atoms with Crippen LogP contribution in [-0.4, -0.2) is 68.5 Å². The van der Waals surface area contributed by atoms with E-state index < -0.39 is 26.6 Å². The van der Waals surface area contributed by atoms with Gasteiger partial charge in [0.15, 0.2) is 0 Å². The van der Waals surface area contributed by atoms with Crippen LogP contribution in [0.5, 0.6) is 0 Å². The first-order valence-electron chi connectivity index (χ1n) is 31.0. The number of aliphatic hydroxyl groups is 1. The summed E-state index contributed by atoms with van der Waals surface area (Å²) in [5.41, 5.74) is 0. The molecule has 0 saturated carbocycles. The van der Waals surface area contributed by atoms with Crippen molar-refractivity contribution >= 4 is 13.7 Å². The minimum Gasteiger partial charge on any atom is -0.756 e. The minimum atomic E-state index is -4.62. The lowest BCUT2D eigenvalue weighted by atomic mass is 10.0. The lowest BCUT2D eigenvalue weighted by Crippen LogP contribution is -2.45. The standard InChI is InChI=1S/C68H117N2O6P/c1-6-8-10-12-14-16-18-20-22-24-26-27-28-29-30-31-32-33-34-35-36-37-38-39-40-41-42-43-44-46-48-50-52-54-56-58-60-62-68(72)69-66(65-76-77(73,74)75-64-63-70(3,4)5)67(71)61-59-57-55-53-51-49-47-45-25-23-21-19-17-15-13-11-9-7-2/h8,10,14,16,20,22,26-27,29-30,32-33,35-36,38-39,41-42,51,53,59,61,66-67,71H,6-7,9,11-13,15,17-19,21,23-25,28,31,34,37,40,43-50,52,54-58,60,62-65H2,1-5H3,(H-,69,72,73,74)/b10-8-,16-14-,22-20-,27-26-,30-29-,33-32-,36-35-,39-38-,42-41-,53-51+,61-59+. The molecule has 2 N–H and O–H groups in total. The molecular formula is C68H117N2O6P. The van der Waals surface area contributed by atoms with E-state index in [1.54, 1.807) is 6.08 Å². The smallest absolute Gasteiger partial charge is 0.268 e. The van der Waals surface area contributed by atoms with E-state index in [0.717, 1.165) is 109 Å². The molecule has 440 valence electrons. The van der Waals surface area contributed by atoms with E-state index in [1.165, 1.54) is 109 Å². The Morgan fingerprint density at radius 2 is 0.805 bits per heavy atom. The molecule has 9 heteroatoms. The van der Waals surface area contributed by atoms with Gasteiger partial charge in [0.1, 0.15) is 13.2 Å². The van der Waals surface area contributed by atoms with Crippen molar-refractivity contribution in [2.45, 2.75) is 251 Å². The number of carbonyl (C=O) groups excluding carboxylic acids is 1. The monoisotopic (exact) mass is 1090 g/mol. The Morgan fingerprint density at radius 1 is 0.468 bits per heavy atom. The van der Waals surface area contributed by atoms with Crippen LogP contribution in [-0.2, 0) is 18.4 Å². The van der Waals surface area contributed by atoms with E-state index in [1.807, 2.05) is 27.2 Å². The largest absolute Gasteiger partial charge is 0.756 e. The normalized spacial score (nSPS) is 14.7. The average Bonchev–Trinajstić information content (AvgIpc) is 3.39. The number of rotatable bonds is 55. The van der Waals surface area contributed by atoms with Crippen molar-refractivity contribution < 1.29 is 32.9 Å². The van der Waals surface area contributed by atoms with Crippen LogP contribution in [0.25, 0.3) is 0 Å². The van der Waals surface area contributed by atoms with E-state index in [4.69, 9.17) is 9.05 Å². The van der Waals surface area contributed by atoms with Gasteiger partial charge in [-0.05, 0) is 103 Å². The summed E-state index contributed by atoms with van der Waals surface area (Å²) in [5.74, 6) is -0.218. The highest BCUT2D eigenvalue weighted by molar-refractivity contribution is 7.45. The van der Waals surface area contributed by atoms with Crippen LogP contribution in [0.15, 0.2) is 134 Å². The molecule has 0 saturated heterocycles. The molecule has 0 aliphatic carbocycles. The van der Waals surface area contributed by atoms with Crippen molar-refractivity contribution in [1.82, 2.24) is 5.32 Å². The Kier molecular flexibility index (Phi) is 54.8. The van der Waals surface area contributed by atoms with Crippen molar-refractivity contribution in [3.63, 3.8) is 0 Å². The first-order valence-corrected chi connectivity index (χ1v) is 32.5. The molecule has 0 spiro atoms. The van der Waals surface area contributed by atoms with E-state index >= 15 is 0 Å². The molecule has 0 rings (SSSR count).